The number of aliphatic hydroxyl groups excluding tert-OH is 2. The van der Waals surface area contributed by atoms with Crippen molar-refractivity contribution in [2.75, 3.05) is 26.4 Å². The van der Waals surface area contributed by atoms with Crippen LogP contribution in [0.5, 0.6) is 0 Å². The Morgan fingerprint density at radius 2 is 1.26 bits per heavy atom. The van der Waals surface area contributed by atoms with Gasteiger partial charge >= 0.3 is 11.9 Å². The minimum Gasteiger partial charge on any atom is -0.465 e. The standard InChI is InChI=1S/C25H48O6/c1-4-7-9-10-11-12-13-14-15-17-23(28)30-20-25(18-26,19-27)21-31-24(29)22(6-3)16-8-5-2/h22,26-27H,4-21H2,1-3H3. The van der Waals surface area contributed by atoms with Crippen molar-refractivity contribution in [2.45, 2.75) is 111 Å². The lowest BCUT2D eigenvalue weighted by Gasteiger charge is -2.29. The van der Waals surface area contributed by atoms with E-state index in [9.17, 15) is 19.8 Å². The largest absolute Gasteiger partial charge is 0.465 e. The molecule has 0 bridgehead atoms. The summed E-state index contributed by atoms with van der Waals surface area (Å²) in [6, 6.07) is 0. The van der Waals surface area contributed by atoms with Gasteiger partial charge in [0.1, 0.15) is 13.2 Å². The fourth-order valence-corrected chi connectivity index (χ4v) is 3.44. The number of unbranched alkanes of at least 4 members (excludes halogenated alkanes) is 9. The Kier molecular flexibility index (Phi) is 18.8. The van der Waals surface area contributed by atoms with Crippen molar-refractivity contribution in [3.05, 3.63) is 0 Å². The molecule has 0 saturated carbocycles. The van der Waals surface area contributed by atoms with Crippen LogP contribution < -0.4 is 0 Å². The maximum Gasteiger partial charge on any atom is 0.308 e. The molecular weight excluding hydrogens is 396 g/mol. The van der Waals surface area contributed by atoms with Crippen molar-refractivity contribution >= 4 is 11.9 Å². The number of aliphatic hydroxyl groups is 2. The van der Waals surface area contributed by atoms with E-state index in [1.807, 2.05) is 6.92 Å². The first-order valence-electron chi connectivity index (χ1n) is 12.5. The third-order valence-electron chi connectivity index (χ3n) is 5.95. The lowest BCUT2D eigenvalue weighted by molar-refractivity contribution is -0.162. The van der Waals surface area contributed by atoms with E-state index < -0.39 is 18.6 Å². The maximum atomic E-state index is 12.3. The predicted octanol–water partition coefficient (Wildman–Crippen LogP) is 5.18. The molecule has 0 rings (SSSR count). The van der Waals surface area contributed by atoms with Gasteiger partial charge in [0, 0.05) is 6.42 Å². The van der Waals surface area contributed by atoms with Gasteiger partial charge in [0.05, 0.1) is 24.5 Å². The molecule has 0 aromatic carbocycles. The van der Waals surface area contributed by atoms with Crippen LogP contribution in [0.3, 0.4) is 0 Å². The third kappa shape index (κ3) is 14.5. The van der Waals surface area contributed by atoms with E-state index in [4.69, 9.17) is 9.47 Å². The highest BCUT2D eigenvalue weighted by Gasteiger charge is 2.33. The van der Waals surface area contributed by atoms with Gasteiger partial charge in [-0.15, -0.1) is 0 Å². The monoisotopic (exact) mass is 444 g/mol. The van der Waals surface area contributed by atoms with Gasteiger partial charge in [0.2, 0.25) is 0 Å². The van der Waals surface area contributed by atoms with Gasteiger partial charge in [-0.3, -0.25) is 9.59 Å². The number of hydrogen-bond acceptors (Lipinski definition) is 6. The topological polar surface area (TPSA) is 93.1 Å². The van der Waals surface area contributed by atoms with Crippen LogP contribution in [0.4, 0.5) is 0 Å². The lowest BCUT2D eigenvalue weighted by atomic mass is 9.92. The van der Waals surface area contributed by atoms with Crippen molar-refractivity contribution in [1.82, 2.24) is 0 Å². The second-order valence-corrected chi connectivity index (χ2v) is 8.91. The van der Waals surface area contributed by atoms with Crippen molar-refractivity contribution in [3.8, 4) is 0 Å². The van der Waals surface area contributed by atoms with E-state index in [0.717, 1.165) is 38.5 Å². The smallest absolute Gasteiger partial charge is 0.308 e. The predicted molar refractivity (Wildman–Crippen MR) is 124 cm³/mol. The van der Waals surface area contributed by atoms with Crippen LogP contribution in [0.1, 0.15) is 111 Å². The molecule has 1 unspecified atom stereocenters. The first kappa shape index (κ1) is 29.9. The van der Waals surface area contributed by atoms with Crippen molar-refractivity contribution in [3.63, 3.8) is 0 Å². The van der Waals surface area contributed by atoms with Crippen LogP contribution in [0.25, 0.3) is 0 Å². The number of carbonyl (C=O) groups excluding carboxylic acids is 2. The molecule has 0 saturated heterocycles. The number of hydrogen-bond donors (Lipinski definition) is 2. The Labute approximate surface area is 190 Å². The summed E-state index contributed by atoms with van der Waals surface area (Å²) in [5, 5.41) is 19.5. The molecule has 184 valence electrons. The van der Waals surface area contributed by atoms with E-state index in [1.54, 1.807) is 0 Å². The van der Waals surface area contributed by atoms with E-state index in [0.29, 0.717) is 12.8 Å². The van der Waals surface area contributed by atoms with Gasteiger partial charge in [-0.05, 0) is 19.3 Å². The van der Waals surface area contributed by atoms with E-state index in [2.05, 4.69) is 13.8 Å². The Morgan fingerprint density at radius 3 is 1.77 bits per heavy atom. The summed E-state index contributed by atoms with van der Waals surface area (Å²) in [6.45, 7) is 5.07. The van der Waals surface area contributed by atoms with E-state index in [1.165, 1.54) is 38.5 Å². The Hall–Kier alpha value is -1.14. The van der Waals surface area contributed by atoms with Crippen LogP contribution in [-0.2, 0) is 19.1 Å². The maximum absolute atomic E-state index is 12.3. The first-order chi connectivity index (χ1) is 15.0. The van der Waals surface area contributed by atoms with Crippen LogP contribution >= 0.6 is 0 Å². The molecule has 0 aromatic rings. The molecule has 1 atom stereocenters. The molecule has 0 radical (unpaired) electrons. The quantitative estimate of drug-likeness (QED) is 0.187. The van der Waals surface area contributed by atoms with Crippen LogP contribution in [-0.4, -0.2) is 48.6 Å². The van der Waals surface area contributed by atoms with Crippen molar-refractivity contribution in [2.24, 2.45) is 11.3 Å². The normalized spacial score (nSPS) is 12.5. The SMILES string of the molecule is CCCCCCCCCCCC(=O)OCC(CO)(CO)COC(=O)C(CC)CCCC. The second-order valence-electron chi connectivity index (χ2n) is 8.91. The number of rotatable bonds is 21. The molecule has 2 N–H and O–H groups in total. The molecule has 31 heavy (non-hydrogen) atoms. The summed E-state index contributed by atoms with van der Waals surface area (Å²) >= 11 is 0. The van der Waals surface area contributed by atoms with Crippen LogP contribution in [0.15, 0.2) is 0 Å². The molecule has 6 heteroatoms. The minimum absolute atomic E-state index is 0.157. The molecule has 0 spiro atoms. The zero-order valence-corrected chi connectivity index (χ0v) is 20.3. The summed E-state index contributed by atoms with van der Waals surface area (Å²) in [6.07, 6.45) is 14.3. The zero-order valence-electron chi connectivity index (χ0n) is 20.3. The van der Waals surface area contributed by atoms with E-state index in [-0.39, 0.29) is 31.1 Å². The van der Waals surface area contributed by atoms with Gasteiger partial charge < -0.3 is 19.7 Å². The van der Waals surface area contributed by atoms with E-state index >= 15 is 0 Å². The van der Waals surface area contributed by atoms with Gasteiger partial charge in [-0.1, -0.05) is 85.0 Å². The molecule has 0 aliphatic rings. The second kappa shape index (κ2) is 19.5. The molecular formula is C25H48O6. The average molecular weight is 445 g/mol. The van der Waals surface area contributed by atoms with Gasteiger partial charge in [0.25, 0.3) is 0 Å². The molecule has 0 amide bonds. The van der Waals surface area contributed by atoms with Crippen LogP contribution in [0.2, 0.25) is 0 Å². The number of esters is 2. The van der Waals surface area contributed by atoms with Gasteiger partial charge in [-0.25, -0.2) is 0 Å². The highest BCUT2D eigenvalue weighted by molar-refractivity contribution is 5.72. The highest BCUT2D eigenvalue weighted by Crippen LogP contribution is 2.21. The Balaban J connectivity index is 4.18. The summed E-state index contributed by atoms with van der Waals surface area (Å²) < 4.78 is 10.7. The highest BCUT2D eigenvalue weighted by atomic mass is 16.6. The lowest BCUT2D eigenvalue weighted by Crippen LogP contribution is -2.41. The molecule has 0 aliphatic carbocycles. The third-order valence-corrected chi connectivity index (χ3v) is 5.95. The Morgan fingerprint density at radius 1 is 0.742 bits per heavy atom. The fourth-order valence-electron chi connectivity index (χ4n) is 3.44. The van der Waals surface area contributed by atoms with Crippen molar-refractivity contribution in [1.29, 1.82) is 0 Å². The van der Waals surface area contributed by atoms with Crippen LogP contribution in [0, 0.1) is 11.3 Å². The molecule has 0 aliphatic heterocycles. The molecule has 0 heterocycles. The minimum atomic E-state index is -1.16. The summed E-state index contributed by atoms with van der Waals surface area (Å²) in [5.41, 5.74) is -1.16. The first-order valence-corrected chi connectivity index (χ1v) is 12.5. The average Bonchev–Trinajstić information content (AvgIpc) is 2.79. The van der Waals surface area contributed by atoms with Gasteiger partial charge in [-0.2, -0.15) is 0 Å². The summed E-state index contributed by atoms with van der Waals surface area (Å²) in [4.78, 5) is 24.4. The molecule has 0 aromatic heterocycles. The number of carbonyl (C=O) groups is 2. The number of ether oxygens (including phenoxy) is 2. The van der Waals surface area contributed by atoms with Crippen molar-refractivity contribution < 1.29 is 29.3 Å². The zero-order chi connectivity index (χ0) is 23.4. The summed E-state index contributed by atoms with van der Waals surface area (Å²) in [5.74, 6) is -0.831. The fraction of sp³-hybridized carbons (Fsp3) is 0.920. The Bertz CT molecular complexity index is 447. The summed E-state index contributed by atoms with van der Waals surface area (Å²) in [7, 11) is 0. The molecule has 6 nitrogen and oxygen atoms in total. The van der Waals surface area contributed by atoms with Gasteiger partial charge in [0.15, 0.2) is 0 Å². The molecule has 0 fully saturated rings.